The van der Waals surface area contributed by atoms with Gasteiger partial charge in [0.15, 0.2) is 0 Å². The van der Waals surface area contributed by atoms with Crippen molar-refractivity contribution in [2.45, 2.75) is 32.5 Å². The third-order valence-corrected chi connectivity index (χ3v) is 4.28. The zero-order valence-corrected chi connectivity index (χ0v) is 13.4. The molecule has 0 N–H and O–H groups in total. The van der Waals surface area contributed by atoms with Crippen LogP contribution in [0.1, 0.15) is 37.1 Å². The Kier molecular flexibility index (Phi) is 5.05. The molecule has 0 aliphatic rings. The van der Waals surface area contributed by atoms with E-state index < -0.39 is 12.1 Å². The third-order valence-electron chi connectivity index (χ3n) is 3.02. The summed E-state index contributed by atoms with van der Waals surface area (Å²) in [5.74, 6) is -1.74. The Morgan fingerprint density at radius 2 is 2.17 bits per heavy atom. The number of hydroxylamine groups is 2. The summed E-state index contributed by atoms with van der Waals surface area (Å²) >= 11 is 1.16. The van der Waals surface area contributed by atoms with Crippen molar-refractivity contribution in [2.24, 2.45) is 0 Å². The van der Waals surface area contributed by atoms with Gasteiger partial charge >= 0.3 is 12.1 Å². The van der Waals surface area contributed by atoms with Gasteiger partial charge in [0.05, 0.1) is 18.0 Å². The lowest BCUT2D eigenvalue weighted by molar-refractivity contribution is -0.187. The molecule has 2 rings (SSSR count). The molecule has 6 nitrogen and oxygen atoms in total. The monoisotopic (exact) mass is 349 g/mol. The van der Waals surface area contributed by atoms with Gasteiger partial charge in [0, 0.05) is 11.3 Å². The van der Waals surface area contributed by atoms with Gasteiger partial charge in [0.25, 0.3) is 0 Å². The maximum atomic E-state index is 12.5. The van der Waals surface area contributed by atoms with Gasteiger partial charge in [0.1, 0.15) is 0 Å². The number of hydrogen-bond acceptors (Lipinski definition) is 6. The maximum Gasteiger partial charge on any atom is 0.471 e. The molecule has 126 valence electrons. The van der Waals surface area contributed by atoms with Crippen molar-refractivity contribution in [3.05, 3.63) is 22.9 Å². The fourth-order valence-corrected chi connectivity index (χ4v) is 2.85. The van der Waals surface area contributed by atoms with Crippen molar-refractivity contribution < 1.29 is 27.3 Å². The lowest BCUT2D eigenvalue weighted by Crippen LogP contribution is -2.31. The highest BCUT2D eigenvalue weighted by atomic mass is 32.1. The predicted octanol–water partition coefficient (Wildman–Crippen LogP) is 3.68. The van der Waals surface area contributed by atoms with E-state index in [4.69, 9.17) is 4.84 Å². The zero-order chi connectivity index (χ0) is 17.2. The first kappa shape index (κ1) is 17.4. The van der Waals surface area contributed by atoms with Crippen molar-refractivity contribution in [3.8, 4) is 10.7 Å². The molecule has 2 aromatic heterocycles. The Hall–Kier alpha value is -1.94. The summed E-state index contributed by atoms with van der Waals surface area (Å²) in [4.78, 5) is 21.3. The van der Waals surface area contributed by atoms with E-state index in [9.17, 15) is 18.0 Å². The summed E-state index contributed by atoms with van der Waals surface area (Å²) in [6.07, 6.45) is -4.41. The molecular formula is C13H14F3N3O3S. The summed E-state index contributed by atoms with van der Waals surface area (Å²) in [6, 6.07) is 2.87. The summed E-state index contributed by atoms with van der Waals surface area (Å²) in [5.41, 5.74) is 0. The summed E-state index contributed by atoms with van der Waals surface area (Å²) in [7, 11) is 1.38. The van der Waals surface area contributed by atoms with E-state index in [2.05, 4.69) is 14.7 Å². The van der Waals surface area contributed by atoms with Crippen LogP contribution in [0, 0.1) is 0 Å². The largest absolute Gasteiger partial charge is 0.471 e. The van der Waals surface area contributed by atoms with E-state index in [-0.39, 0.29) is 24.2 Å². The van der Waals surface area contributed by atoms with Gasteiger partial charge in [-0.25, -0.2) is 5.06 Å². The predicted molar refractivity (Wildman–Crippen MR) is 75.2 cm³/mol. The van der Waals surface area contributed by atoms with Gasteiger partial charge in [-0.2, -0.15) is 18.2 Å². The van der Waals surface area contributed by atoms with Crippen molar-refractivity contribution >= 4 is 17.2 Å². The van der Waals surface area contributed by atoms with Gasteiger partial charge in [-0.05, 0) is 19.1 Å². The summed E-state index contributed by atoms with van der Waals surface area (Å²) < 4.78 is 41.6. The molecule has 0 saturated carbocycles. The van der Waals surface area contributed by atoms with Crippen LogP contribution in [0.3, 0.4) is 0 Å². The van der Waals surface area contributed by atoms with Crippen LogP contribution in [0.4, 0.5) is 13.2 Å². The van der Waals surface area contributed by atoms with E-state index in [1.807, 2.05) is 0 Å². The lowest BCUT2D eigenvalue weighted by atomic mass is 10.2. The molecule has 2 heterocycles. The molecule has 0 bridgehead atoms. The number of carbonyl (C=O) groups excluding carboxylic acids is 1. The molecule has 10 heteroatoms. The number of alkyl halides is 3. The first-order chi connectivity index (χ1) is 10.8. The van der Waals surface area contributed by atoms with Crippen molar-refractivity contribution in [3.63, 3.8) is 0 Å². The molecule has 1 atom stereocenters. The first-order valence-electron chi connectivity index (χ1n) is 6.65. The molecular weight excluding hydrogens is 335 g/mol. The normalized spacial score (nSPS) is 13.1. The molecule has 0 aromatic carbocycles. The molecule has 1 unspecified atom stereocenters. The van der Waals surface area contributed by atoms with Gasteiger partial charge in [-0.3, -0.25) is 9.63 Å². The average molecular weight is 349 g/mol. The zero-order valence-electron chi connectivity index (χ0n) is 12.5. The van der Waals surface area contributed by atoms with Crippen LogP contribution >= 0.6 is 11.3 Å². The number of halogens is 3. The number of amides is 1. The lowest BCUT2D eigenvalue weighted by Gasteiger charge is -2.25. The quantitative estimate of drug-likeness (QED) is 0.770. The van der Waals surface area contributed by atoms with Crippen LogP contribution in [-0.4, -0.2) is 28.2 Å². The van der Waals surface area contributed by atoms with E-state index in [1.165, 1.54) is 12.2 Å². The van der Waals surface area contributed by atoms with Crippen LogP contribution < -0.4 is 0 Å². The molecule has 0 saturated heterocycles. The second-order valence-electron chi connectivity index (χ2n) is 4.55. The minimum absolute atomic E-state index is 0.147. The van der Waals surface area contributed by atoms with E-state index in [1.54, 1.807) is 26.0 Å². The van der Waals surface area contributed by atoms with Gasteiger partial charge in [0.2, 0.25) is 11.7 Å². The Morgan fingerprint density at radius 3 is 2.70 bits per heavy atom. The van der Waals surface area contributed by atoms with Gasteiger partial charge in [-0.15, -0.1) is 11.3 Å². The van der Waals surface area contributed by atoms with Crippen LogP contribution in [0.5, 0.6) is 0 Å². The fourth-order valence-electron chi connectivity index (χ4n) is 1.88. The minimum atomic E-state index is -4.68. The third kappa shape index (κ3) is 3.70. The number of carbonyl (C=O) groups is 1. The van der Waals surface area contributed by atoms with Crippen LogP contribution in [-0.2, 0) is 15.8 Å². The molecule has 23 heavy (non-hydrogen) atoms. The van der Waals surface area contributed by atoms with Gasteiger partial charge < -0.3 is 4.52 Å². The number of rotatable bonds is 5. The Bertz CT molecular complexity index is 683. The van der Waals surface area contributed by atoms with Crippen molar-refractivity contribution in [2.75, 3.05) is 7.11 Å². The summed E-state index contributed by atoms with van der Waals surface area (Å²) in [6.45, 7) is 3.46. The van der Waals surface area contributed by atoms with Crippen LogP contribution in [0.2, 0.25) is 0 Å². The molecule has 2 aromatic rings. The minimum Gasteiger partial charge on any atom is -0.329 e. The van der Waals surface area contributed by atoms with E-state index in [0.29, 0.717) is 4.88 Å². The Morgan fingerprint density at radius 1 is 1.48 bits per heavy atom. The molecule has 0 fully saturated rings. The SMILES string of the molecule is CCC(=O)N(OC)C(C)c1ccc(-c2noc(C(F)(F)F)n2)s1. The van der Waals surface area contributed by atoms with Crippen LogP contribution in [0.25, 0.3) is 10.7 Å². The Balaban J connectivity index is 2.23. The van der Waals surface area contributed by atoms with Crippen molar-refractivity contribution in [1.82, 2.24) is 15.2 Å². The molecule has 1 amide bonds. The number of aromatic nitrogens is 2. The highest BCUT2D eigenvalue weighted by Crippen LogP contribution is 2.34. The highest BCUT2D eigenvalue weighted by molar-refractivity contribution is 7.15. The Labute approximate surface area is 133 Å². The number of hydrogen-bond donors (Lipinski definition) is 0. The maximum absolute atomic E-state index is 12.5. The molecule has 0 aliphatic heterocycles. The smallest absolute Gasteiger partial charge is 0.329 e. The van der Waals surface area contributed by atoms with Gasteiger partial charge in [-0.1, -0.05) is 12.1 Å². The number of thiophene rings is 1. The fraction of sp³-hybridized carbons (Fsp3) is 0.462. The average Bonchev–Trinajstić information content (AvgIpc) is 3.15. The highest BCUT2D eigenvalue weighted by Gasteiger charge is 2.38. The molecule has 0 spiro atoms. The van der Waals surface area contributed by atoms with E-state index >= 15 is 0 Å². The molecule has 0 radical (unpaired) electrons. The second kappa shape index (κ2) is 6.67. The van der Waals surface area contributed by atoms with Crippen molar-refractivity contribution in [1.29, 1.82) is 0 Å². The van der Waals surface area contributed by atoms with E-state index in [0.717, 1.165) is 16.2 Å². The van der Waals surface area contributed by atoms with Crippen LogP contribution in [0.15, 0.2) is 16.7 Å². The number of nitrogens with zero attached hydrogens (tertiary/aromatic N) is 3. The standard InChI is InChI=1S/C13H14F3N3O3S/c1-4-10(20)19(21-3)7(2)8-5-6-9(23-8)11-17-12(22-18-11)13(14,15)16/h5-7H,4H2,1-3H3. The summed E-state index contributed by atoms with van der Waals surface area (Å²) in [5, 5.41) is 4.55. The molecule has 0 aliphatic carbocycles. The first-order valence-corrected chi connectivity index (χ1v) is 7.46. The second-order valence-corrected chi connectivity index (χ2v) is 5.67. The topological polar surface area (TPSA) is 68.5 Å².